The maximum absolute atomic E-state index is 5.43. The quantitative estimate of drug-likeness (QED) is 0.674. The lowest BCUT2D eigenvalue weighted by Crippen LogP contribution is -2.06. The van der Waals surface area contributed by atoms with Gasteiger partial charge in [0.05, 0.1) is 0 Å². The van der Waals surface area contributed by atoms with E-state index in [1.165, 1.54) is 11.4 Å². The zero-order chi connectivity index (χ0) is 10.9. The fourth-order valence-corrected chi connectivity index (χ4v) is 1.48. The van der Waals surface area contributed by atoms with Crippen molar-refractivity contribution in [3.05, 3.63) is 24.0 Å². The summed E-state index contributed by atoms with van der Waals surface area (Å²) in [4.78, 5) is 4.31. The molecule has 1 aromatic rings. The molecule has 3 nitrogen and oxygen atoms in total. The lowest BCUT2D eigenvalue weighted by molar-refractivity contribution is 0.773. The fraction of sp³-hybridized carbons (Fsp3) is 0.583. The monoisotopic (exact) mass is 207 g/mol. The first kappa shape index (κ1) is 12.0. The van der Waals surface area contributed by atoms with Crippen LogP contribution in [0.2, 0.25) is 0 Å². The van der Waals surface area contributed by atoms with Crippen LogP contribution in [0.1, 0.15) is 31.9 Å². The first-order valence-corrected chi connectivity index (χ1v) is 5.75. The van der Waals surface area contributed by atoms with Crippen LogP contribution in [0, 0.1) is 0 Å². The van der Waals surface area contributed by atoms with Crippen LogP contribution in [0.5, 0.6) is 0 Å². The largest absolute Gasteiger partial charge is 0.385 e. The van der Waals surface area contributed by atoms with E-state index < -0.39 is 0 Å². The van der Waals surface area contributed by atoms with Crippen LogP contribution in [0.15, 0.2) is 18.3 Å². The molecule has 0 spiro atoms. The standard InChI is InChI=1S/C12H21N3/c1-2-5-11-10-12(6-9-15-11)14-8-4-3-7-13/h6,9-10H,2-5,7-8,13H2,1H3,(H,14,15). The number of hydrogen-bond donors (Lipinski definition) is 2. The topological polar surface area (TPSA) is 50.9 Å². The Morgan fingerprint density at radius 3 is 3.00 bits per heavy atom. The SMILES string of the molecule is CCCc1cc(NCCCCN)ccn1. The summed E-state index contributed by atoms with van der Waals surface area (Å²) in [5.74, 6) is 0. The summed E-state index contributed by atoms with van der Waals surface area (Å²) in [6, 6.07) is 4.15. The molecular weight excluding hydrogens is 186 g/mol. The molecule has 0 bridgehead atoms. The third-order valence-electron chi connectivity index (χ3n) is 2.28. The summed E-state index contributed by atoms with van der Waals surface area (Å²) in [5, 5.41) is 3.38. The number of nitrogens with zero attached hydrogens (tertiary/aromatic N) is 1. The smallest absolute Gasteiger partial charge is 0.0424 e. The lowest BCUT2D eigenvalue weighted by Gasteiger charge is -2.06. The Balaban J connectivity index is 2.36. The average Bonchev–Trinajstić information content (AvgIpc) is 2.26. The van der Waals surface area contributed by atoms with Gasteiger partial charge in [0.1, 0.15) is 0 Å². The maximum Gasteiger partial charge on any atom is 0.0424 e. The Bertz CT molecular complexity index is 273. The molecule has 84 valence electrons. The van der Waals surface area contributed by atoms with Gasteiger partial charge in [-0.1, -0.05) is 13.3 Å². The normalized spacial score (nSPS) is 10.3. The first-order valence-electron chi connectivity index (χ1n) is 5.75. The van der Waals surface area contributed by atoms with Crippen molar-refractivity contribution in [2.75, 3.05) is 18.4 Å². The lowest BCUT2D eigenvalue weighted by atomic mass is 10.2. The predicted octanol–water partition coefficient (Wildman–Crippen LogP) is 2.18. The molecule has 1 heterocycles. The molecule has 0 aliphatic heterocycles. The fourth-order valence-electron chi connectivity index (χ4n) is 1.48. The maximum atomic E-state index is 5.43. The highest BCUT2D eigenvalue weighted by Gasteiger charge is 1.95. The van der Waals surface area contributed by atoms with Gasteiger partial charge in [0.2, 0.25) is 0 Å². The van der Waals surface area contributed by atoms with Gasteiger partial charge < -0.3 is 11.1 Å². The highest BCUT2D eigenvalue weighted by Crippen LogP contribution is 2.09. The van der Waals surface area contributed by atoms with Gasteiger partial charge in [-0.15, -0.1) is 0 Å². The molecule has 0 aliphatic rings. The summed E-state index contributed by atoms with van der Waals surface area (Å²) < 4.78 is 0. The second kappa shape index (κ2) is 7.23. The molecule has 3 N–H and O–H groups in total. The van der Waals surface area contributed by atoms with Gasteiger partial charge in [0.15, 0.2) is 0 Å². The zero-order valence-electron chi connectivity index (χ0n) is 9.50. The van der Waals surface area contributed by atoms with Crippen molar-refractivity contribution in [2.45, 2.75) is 32.6 Å². The van der Waals surface area contributed by atoms with E-state index in [2.05, 4.69) is 23.3 Å². The third-order valence-corrected chi connectivity index (χ3v) is 2.28. The Morgan fingerprint density at radius 2 is 2.27 bits per heavy atom. The zero-order valence-corrected chi connectivity index (χ0v) is 9.50. The number of anilines is 1. The Hall–Kier alpha value is -1.09. The minimum atomic E-state index is 0.777. The molecule has 0 fully saturated rings. The van der Waals surface area contributed by atoms with Gasteiger partial charge in [-0.2, -0.15) is 0 Å². The summed E-state index contributed by atoms with van der Waals surface area (Å²) in [6.07, 6.45) is 6.28. The first-order chi connectivity index (χ1) is 7.36. The minimum Gasteiger partial charge on any atom is -0.385 e. The molecule has 0 radical (unpaired) electrons. The van der Waals surface area contributed by atoms with Crippen LogP contribution in [0.25, 0.3) is 0 Å². The van der Waals surface area contributed by atoms with Crippen molar-refractivity contribution >= 4 is 5.69 Å². The van der Waals surface area contributed by atoms with E-state index in [4.69, 9.17) is 5.73 Å². The Labute approximate surface area is 92.1 Å². The second-order valence-electron chi connectivity index (χ2n) is 3.71. The van der Waals surface area contributed by atoms with E-state index in [0.29, 0.717) is 0 Å². The van der Waals surface area contributed by atoms with Gasteiger partial charge in [-0.25, -0.2) is 0 Å². The number of nitrogens with two attached hydrogens (primary N) is 1. The summed E-state index contributed by atoms with van der Waals surface area (Å²) in [5.41, 5.74) is 7.77. The number of nitrogens with one attached hydrogen (secondary N) is 1. The molecule has 15 heavy (non-hydrogen) atoms. The Morgan fingerprint density at radius 1 is 1.40 bits per heavy atom. The van der Waals surface area contributed by atoms with Crippen molar-refractivity contribution in [2.24, 2.45) is 5.73 Å². The van der Waals surface area contributed by atoms with Gasteiger partial charge >= 0.3 is 0 Å². The molecule has 1 rings (SSSR count). The molecule has 0 amide bonds. The molecule has 0 aliphatic carbocycles. The third kappa shape index (κ3) is 4.79. The van der Waals surface area contributed by atoms with Crippen molar-refractivity contribution in [1.29, 1.82) is 0 Å². The van der Waals surface area contributed by atoms with Crippen molar-refractivity contribution in [3.63, 3.8) is 0 Å². The average molecular weight is 207 g/mol. The van der Waals surface area contributed by atoms with Crippen LogP contribution in [0.3, 0.4) is 0 Å². The van der Waals surface area contributed by atoms with Gasteiger partial charge in [-0.3, -0.25) is 4.98 Å². The number of aromatic nitrogens is 1. The van der Waals surface area contributed by atoms with Crippen LogP contribution in [-0.2, 0) is 6.42 Å². The van der Waals surface area contributed by atoms with E-state index in [1.807, 2.05) is 12.3 Å². The van der Waals surface area contributed by atoms with Gasteiger partial charge in [-0.05, 0) is 37.9 Å². The number of aryl methyl sites for hydroxylation is 1. The molecule has 0 aromatic carbocycles. The van der Waals surface area contributed by atoms with E-state index in [0.717, 1.165) is 38.8 Å². The van der Waals surface area contributed by atoms with Gasteiger partial charge in [0, 0.05) is 24.1 Å². The second-order valence-corrected chi connectivity index (χ2v) is 3.71. The highest BCUT2D eigenvalue weighted by molar-refractivity contribution is 5.43. The van der Waals surface area contributed by atoms with Crippen LogP contribution in [0.4, 0.5) is 5.69 Å². The molecular formula is C12H21N3. The number of unbranched alkanes of at least 4 members (excludes halogenated alkanes) is 1. The molecule has 0 saturated heterocycles. The number of rotatable bonds is 7. The summed E-state index contributed by atoms with van der Waals surface area (Å²) in [6.45, 7) is 3.94. The van der Waals surface area contributed by atoms with Crippen LogP contribution < -0.4 is 11.1 Å². The number of pyridine rings is 1. The number of hydrogen-bond acceptors (Lipinski definition) is 3. The van der Waals surface area contributed by atoms with E-state index >= 15 is 0 Å². The molecule has 1 aromatic heterocycles. The van der Waals surface area contributed by atoms with Gasteiger partial charge in [0.25, 0.3) is 0 Å². The minimum absolute atomic E-state index is 0.777. The molecule has 0 atom stereocenters. The molecule has 3 heteroatoms. The highest BCUT2D eigenvalue weighted by atomic mass is 14.9. The van der Waals surface area contributed by atoms with Crippen molar-refractivity contribution in [1.82, 2.24) is 4.98 Å². The van der Waals surface area contributed by atoms with Crippen LogP contribution in [-0.4, -0.2) is 18.1 Å². The van der Waals surface area contributed by atoms with Crippen molar-refractivity contribution < 1.29 is 0 Å². The Kier molecular flexibility index (Phi) is 5.78. The van der Waals surface area contributed by atoms with E-state index in [1.54, 1.807) is 0 Å². The van der Waals surface area contributed by atoms with E-state index in [9.17, 15) is 0 Å². The van der Waals surface area contributed by atoms with Crippen molar-refractivity contribution in [3.8, 4) is 0 Å². The van der Waals surface area contributed by atoms with Crippen LogP contribution >= 0.6 is 0 Å². The predicted molar refractivity (Wildman–Crippen MR) is 65.0 cm³/mol. The van der Waals surface area contributed by atoms with E-state index in [-0.39, 0.29) is 0 Å². The summed E-state index contributed by atoms with van der Waals surface area (Å²) in [7, 11) is 0. The molecule has 0 saturated carbocycles. The summed E-state index contributed by atoms with van der Waals surface area (Å²) >= 11 is 0. The molecule has 0 unspecified atom stereocenters.